The van der Waals surface area contributed by atoms with E-state index in [1.807, 2.05) is 0 Å². The lowest BCUT2D eigenvalue weighted by Crippen LogP contribution is -2.67. The van der Waals surface area contributed by atoms with Gasteiger partial charge in [0.1, 0.15) is 18.0 Å². The lowest BCUT2D eigenvalue weighted by atomic mass is 10.0. The first-order valence-electron chi connectivity index (χ1n) is 10.6. The van der Waals surface area contributed by atoms with E-state index >= 15 is 0 Å². The van der Waals surface area contributed by atoms with Crippen LogP contribution in [0.5, 0.6) is 0 Å². The van der Waals surface area contributed by atoms with Crippen LogP contribution in [-0.4, -0.2) is 69.7 Å². The van der Waals surface area contributed by atoms with Crippen molar-refractivity contribution in [2.24, 2.45) is 5.73 Å². The molecule has 0 radical (unpaired) electrons. The summed E-state index contributed by atoms with van der Waals surface area (Å²) in [6.45, 7) is 1.61. The Hall–Kier alpha value is -4.41. The van der Waals surface area contributed by atoms with Gasteiger partial charge in [-0.2, -0.15) is 0 Å². The van der Waals surface area contributed by atoms with Crippen molar-refractivity contribution in [1.29, 1.82) is 5.41 Å². The topological polar surface area (TPSA) is 183 Å². The number of nitrogens with zero attached hydrogens (tertiary/aromatic N) is 2. The largest absolute Gasteiger partial charge is 0.480 e. The van der Waals surface area contributed by atoms with Crippen LogP contribution in [0.3, 0.4) is 0 Å². The van der Waals surface area contributed by atoms with E-state index in [0.717, 1.165) is 4.90 Å². The van der Waals surface area contributed by atoms with E-state index in [-0.39, 0.29) is 30.9 Å². The third-order valence-corrected chi connectivity index (χ3v) is 5.62. The minimum atomic E-state index is -1.31. The minimum absolute atomic E-state index is 0.0338. The highest BCUT2D eigenvalue weighted by atomic mass is 16.4. The molecule has 1 fully saturated rings. The number of hydrogen-bond acceptors (Lipinski definition) is 6. The van der Waals surface area contributed by atoms with Crippen LogP contribution in [0.25, 0.3) is 0 Å². The van der Waals surface area contributed by atoms with Crippen molar-refractivity contribution < 1.29 is 24.3 Å². The molecule has 3 rings (SSSR count). The van der Waals surface area contributed by atoms with Crippen LogP contribution in [0.4, 0.5) is 5.69 Å². The Morgan fingerprint density at radius 2 is 1.68 bits per heavy atom. The summed E-state index contributed by atoms with van der Waals surface area (Å²) in [6.07, 6.45) is -0.961. The summed E-state index contributed by atoms with van der Waals surface area (Å²) < 4.78 is 0. The van der Waals surface area contributed by atoms with Crippen LogP contribution in [0, 0.1) is 5.41 Å². The fourth-order valence-electron chi connectivity index (χ4n) is 3.75. The number of benzene rings is 2. The van der Waals surface area contributed by atoms with Gasteiger partial charge in [-0.05, 0) is 36.8 Å². The van der Waals surface area contributed by atoms with Gasteiger partial charge in [-0.3, -0.25) is 19.8 Å². The average Bonchev–Trinajstić information content (AvgIpc) is 2.81. The van der Waals surface area contributed by atoms with Gasteiger partial charge >= 0.3 is 17.8 Å². The normalized spacial score (nSPS) is 16.8. The van der Waals surface area contributed by atoms with Crippen molar-refractivity contribution in [1.82, 2.24) is 15.1 Å². The lowest BCUT2D eigenvalue weighted by molar-refractivity contribution is -0.165. The molecular weight excluding hydrogens is 440 g/mol. The average molecular weight is 466 g/mol. The van der Waals surface area contributed by atoms with Crippen molar-refractivity contribution in [3.8, 4) is 0 Å². The molecule has 178 valence electrons. The van der Waals surface area contributed by atoms with Crippen LogP contribution < -0.4 is 16.8 Å². The van der Waals surface area contributed by atoms with Gasteiger partial charge in [-0.25, -0.2) is 4.79 Å². The molecule has 1 saturated heterocycles. The number of rotatable bonds is 8. The summed E-state index contributed by atoms with van der Waals surface area (Å²) in [4.78, 5) is 52.6. The number of nitrogens with two attached hydrogens (primary N) is 2. The van der Waals surface area contributed by atoms with Crippen LogP contribution in [-0.2, 0) is 20.8 Å². The summed E-state index contributed by atoms with van der Waals surface area (Å²) in [6, 6.07) is 11.2. The molecule has 0 aromatic heterocycles. The number of hydrogen-bond donors (Lipinski definition) is 5. The van der Waals surface area contributed by atoms with Crippen molar-refractivity contribution >= 4 is 35.2 Å². The number of likely N-dealkylation sites (N-methyl/N-ethyl adjacent to an activating group) is 1. The molecule has 1 heterocycles. The van der Waals surface area contributed by atoms with Gasteiger partial charge in [0.2, 0.25) is 0 Å². The van der Waals surface area contributed by atoms with Crippen molar-refractivity contribution in [3.05, 3.63) is 65.2 Å². The molecule has 7 N–H and O–H groups in total. The monoisotopic (exact) mass is 466 g/mol. The number of piperazine rings is 1. The second kappa shape index (κ2) is 10.0. The molecule has 2 aromatic carbocycles. The van der Waals surface area contributed by atoms with Crippen LogP contribution in [0.2, 0.25) is 0 Å². The molecule has 2 aromatic rings. The number of aliphatic carboxylic acids is 1. The first-order valence-corrected chi connectivity index (χ1v) is 10.6. The van der Waals surface area contributed by atoms with Crippen molar-refractivity contribution in [2.75, 3.05) is 18.8 Å². The highest BCUT2D eigenvalue weighted by Crippen LogP contribution is 2.18. The predicted octanol–water partition coefficient (Wildman–Crippen LogP) is -0.00463. The van der Waals surface area contributed by atoms with Crippen LogP contribution >= 0.6 is 0 Å². The molecule has 0 bridgehead atoms. The molecule has 3 amide bonds. The van der Waals surface area contributed by atoms with Gasteiger partial charge in [0.15, 0.2) is 0 Å². The van der Waals surface area contributed by atoms with E-state index in [0.29, 0.717) is 16.8 Å². The second-order valence-corrected chi connectivity index (χ2v) is 7.83. The Morgan fingerprint density at radius 1 is 1.09 bits per heavy atom. The Labute approximate surface area is 195 Å². The van der Waals surface area contributed by atoms with E-state index in [2.05, 4.69) is 5.32 Å². The van der Waals surface area contributed by atoms with E-state index in [4.69, 9.17) is 16.9 Å². The van der Waals surface area contributed by atoms with Gasteiger partial charge < -0.3 is 31.7 Å². The Morgan fingerprint density at radius 3 is 2.21 bits per heavy atom. The van der Waals surface area contributed by atoms with Crippen molar-refractivity contribution in [3.63, 3.8) is 0 Å². The van der Waals surface area contributed by atoms with E-state index in [1.165, 1.54) is 29.2 Å². The maximum Gasteiger partial charge on any atom is 0.326 e. The van der Waals surface area contributed by atoms with Gasteiger partial charge in [-0.1, -0.05) is 24.3 Å². The molecule has 0 spiro atoms. The molecule has 1 aliphatic rings. The quantitative estimate of drug-likeness (QED) is 0.157. The highest BCUT2D eigenvalue weighted by molar-refractivity contribution is 6.36. The maximum atomic E-state index is 12.8. The summed E-state index contributed by atoms with van der Waals surface area (Å²) in [5.41, 5.74) is 13.0. The van der Waals surface area contributed by atoms with Crippen molar-refractivity contribution in [2.45, 2.75) is 25.6 Å². The lowest BCUT2D eigenvalue weighted by Gasteiger charge is -2.42. The number of anilines is 1. The van der Waals surface area contributed by atoms with E-state index in [1.54, 1.807) is 31.2 Å². The molecular formula is C23H26N6O5. The zero-order valence-corrected chi connectivity index (χ0v) is 18.5. The molecule has 34 heavy (non-hydrogen) atoms. The minimum Gasteiger partial charge on any atom is -0.480 e. The third-order valence-electron chi connectivity index (χ3n) is 5.62. The number of carbonyl (C=O) groups excluding carboxylic acids is 3. The number of amides is 3. The molecule has 2 unspecified atom stereocenters. The zero-order chi connectivity index (χ0) is 25.0. The molecule has 0 aliphatic carbocycles. The van der Waals surface area contributed by atoms with Gasteiger partial charge in [0.25, 0.3) is 5.91 Å². The summed E-state index contributed by atoms with van der Waals surface area (Å²) >= 11 is 0. The number of carboxylic acid groups (broad SMARTS) is 1. The summed E-state index contributed by atoms with van der Waals surface area (Å²) in [5, 5.41) is 20.0. The number of amidine groups is 1. The fourth-order valence-corrected chi connectivity index (χ4v) is 3.75. The van der Waals surface area contributed by atoms with E-state index in [9.17, 15) is 24.3 Å². The standard InChI is InChI=1S/C23H26N6O5/c1-2-28-18(27-20(30)15-7-5-14(6-8-15)19(25)26)12-29(22(32)21(28)31)17(23(33)34)11-13-3-9-16(24)10-4-13/h3-10,17-18H,2,11-12,24H2,1H3,(H3,25,26)(H,27,30)(H,33,34). The first kappa shape index (κ1) is 24.2. The number of nitrogens with one attached hydrogen (secondary N) is 2. The SMILES string of the molecule is CCN1C(=O)C(=O)N(C(Cc2ccc(N)cc2)C(=O)O)CC1NC(=O)c1ccc(C(=N)N)cc1. The first-order chi connectivity index (χ1) is 16.1. The van der Waals surface area contributed by atoms with Gasteiger partial charge in [-0.15, -0.1) is 0 Å². The molecule has 1 aliphatic heterocycles. The maximum absolute atomic E-state index is 12.8. The van der Waals surface area contributed by atoms with E-state index < -0.39 is 35.9 Å². The second-order valence-electron chi connectivity index (χ2n) is 7.83. The zero-order valence-electron chi connectivity index (χ0n) is 18.5. The van der Waals surface area contributed by atoms with Gasteiger partial charge in [0, 0.05) is 29.8 Å². The molecule has 0 saturated carbocycles. The molecule has 11 nitrogen and oxygen atoms in total. The number of carboxylic acids is 1. The smallest absolute Gasteiger partial charge is 0.326 e. The Balaban J connectivity index is 1.83. The fraction of sp³-hybridized carbons (Fsp3) is 0.261. The summed E-state index contributed by atoms with van der Waals surface area (Å²) in [5.74, 6) is -3.77. The van der Waals surface area contributed by atoms with Crippen LogP contribution in [0.15, 0.2) is 48.5 Å². The Bertz CT molecular complexity index is 1120. The predicted molar refractivity (Wildman–Crippen MR) is 124 cm³/mol. The Kier molecular flexibility index (Phi) is 7.15. The summed E-state index contributed by atoms with van der Waals surface area (Å²) in [7, 11) is 0. The molecule has 11 heteroatoms. The van der Waals surface area contributed by atoms with Crippen LogP contribution in [0.1, 0.15) is 28.4 Å². The third kappa shape index (κ3) is 5.14. The number of nitrogen functional groups attached to an aromatic ring is 2. The van der Waals surface area contributed by atoms with Gasteiger partial charge in [0.05, 0.1) is 6.54 Å². The molecule has 2 atom stereocenters. The highest BCUT2D eigenvalue weighted by Gasteiger charge is 2.43. The number of carbonyl (C=O) groups is 4.